The number of benzene rings is 2. The van der Waals surface area contributed by atoms with Crippen molar-refractivity contribution in [1.82, 2.24) is 0 Å². The molecule has 1 fully saturated rings. The van der Waals surface area contributed by atoms with E-state index in [1.165, 1.54) is 0 Å². The first-order valence-corrected chi connectivity index (χ1v) is 8.18. The molecule has 1 spiro atoms. The molecule has 116 valence electrons. The van der Waals surface area contributed by atoms with Crippen molar-refractivity contribution in [1.29, 1.82) is 0 Å². The summed E-state index contributed by atoms with van der Waals surface area (Å²) in [7, 11) is 1.72. The van der Waals surface area contributed by atoms with Gasteiger partial charge >= 0.3 is 5.97 Å². The van der Waals surface area contributed by atoms with E-state index in [1.54, 1.807) is 11.9 Å². The molecule has 0 saturated carbocycles. The van der Waals surface area contributed by atoms with Crippen molar-refractivity contribution in [3.63, 3.8) is 0 Å². The number of amides is 1. The number of esters is 1. The molecule has 2 aliphatic heterocycles. The van der Waals surface area contributed by atoms with Gasteiger partial charge in [0, 0.05) is 23.0 Å². The second-order valence-electron chi connectivity index (χ2n) is 5.90. The summed E-state index contributed by atoms with van der Waals surface area (Å²) in [6.07, 6.45) is 0.204. The summed E-state index contributed by atoms with van der Waals surface area (Å²) in [5.41, 5.74) is 1.22. The van der Waals surface area contributed by atoms with E-state index in [9.17, 15) is 9.59 Å². The van der Waals surface area contributed by atoms with Gasteiger partial charge in [0.05, 0.1) is 12.1 Å². The van der Waals surface area contributed by atoms with Crippen LogP contribution in [-0.4, -0.2) is 18.9 Å². The van der Waals surface area contributed by atoms with Gasteiger partial charge in [-0.25, -0.2) is 0 Å². The first-order valence-electron chi connectivity index (χ1n) is 7.39. The van der Waals surface area contributed by atoms with Crippen molar-refractivity contribution in [3.8, 4) is 0 Å². The number of halogens is 1. The first kappa shape index (κ1) is 14.5. The average Bonchev–Trinajstić information content (AvgIpc) is 3.01. The molecule has 2 atom stereocenters. The predicted molar refractivity (Wildman–Crippen MR) is 89.1 cm³/mol. The first-order chi connectivity index (χ1) is 11.0. The van der Waals surface area contributed by atoms with Crippen LogP contribution in [0.4, 0.5) is 5.69 Å². The normalized spacial score (nSPS) is 25.8. The summed E-state index contributed by atoms with van der Waals surface area (Å²) in [6, 6.07) is 15.3. The van der Waals surface area contributed by atoms with Gasteiger partial charge in [0.25, 0.3) is 5.91 Å². The lowest BCUT2D eigenvalue weighted by Crippen LogP contribution is -2.42. The molecular formula is C18H14BrNO3. The fourth-order valence-corrected chi connectivity index (χ4v) is 4.01. The highest BCUT2D eigenvalue weighted by Gasteiger charge is 2.62. The van der Waals surface area contributed by atoms with Gasteiger partial charge in [-0.3, -0.25) is 9.59 Å². The summed E-state index contributed by atoms with van der Waals surface area (Å²) in [4.78, 5) is 26.8. The van der Waals surface area contributed by atoms with E-state index < -0.39 is 5.60 Å². The molecule has 23 heavy (non-hydrogen) atoms. The van der Waals surface area contributed by atoms with Gasteiger partial charge in [-0.15, -0.1) is 0 Å². The Bertz CT molecular complexity index is 820. The lowest BCUT2D eigenvalue weighted by Gasteiger charge is -2.28. The standard InChI is InChI=1S/C18H14BrNO3/c1-20-15-8-7-12(19)9-14(15)18(17(20)22)13(10-16(21)23-18)11-5-3-2-4-6-11/h2-9,13H,10H2,1H3. The summed E-state index contributed by atoms with van der Waals surface area (Å²) >= 11 is 3.46. The van der Waals surface area contributed by atoms with Crippen LogP contribution in [-0.2, 0) is 19.9 Å². The van der Waals surface area contributed by atoms with Crippen molar-refractivity contribution >= 4 is 33.5 Å². The molecule has 2 unspecified atom stereocenters. The molecule has 4 rings (SSSR count). The predicted octanol–water partition coefficient (Wildman–Crippen LogP) is 3.35. The zero-order chi connectivity index (χ0) is 16.2. The van der Waals surface area contributed by atoms with Crippen LogP contribution >= 0.6 is 15.9 Å². The third-order valence-electron chi connectivity index (χ3n) is 4.68. The van der Waals surface area contributed by atoms with Crippen LogP contribution in [0, 0.1) is 0 Å². The number of nitrogens with zero attached hydrogens (tertiary/aromatic N) is 1. The smallest absolute Gasteiger partial charge is 0.308 e. The maximum absolute atomic E-state index is 13.1. The SMILES string of the molecule is CN1C(=O)C2(OC(=O)CC2c2ccccc2)c2cc(Br)ccc21. The molecule has 0 radical (unpaired) electrons. The number of ether oxygens (including phenoxy) is 1. The molecule has 0 aromatic heterocycles. The molecule has 5 heteroatoms. The van der Waals surface area contributed by atoms with Crippen LogP contribution in [0.3, 0.4) is 0 Å². The summed E-state index contributed by atoms with van der Waals surface area (Å²) in [6.45, 7) is 0. The minimum absolute atomic E-state index is 0.190. The molecule has 4 nitrogen and oxygen atoms in total. The summed E-state index contributed by atoms with van der Waals surface area (Å²) < 4.78 is 6.55. The quantitative estimate of drug-likeness (QED) is 0.722. The van der Waals surface area contributed by atoms with Crippen LogP contribution in [0.25, 0.3) is 0 Å². The lowest BCUT2D eigenvalue weighted by molar-refractivity contribution is -0.157. The van der Waals surface area contributed by atoms with E-state index in [1.807, 2.05) is 48.5 Å². The van der Waals surface area contributed by atoms with E-state index in [0.717, 1.165) is 21.3 Å². The second kappa shape index (κ2) is 4.93. The third-order valence-corrected chi connectivity index (χ3v) is 5.17. The molecule has 2 aromatic rings. The Kier molecular flexibility index (Phi) is 3.10. The molecule has 2 aromatic carbocycles. The number of hydrogen-bond donors (Lipinski definition) is 0. The molecule has 0 N–H and O–H groups in total. The van der Waals surface area contributed by atoms with Crippen molar-refractivity contribution < 1.29 is 14.3 Å². The second-order valence-corrected chi connectivity index (χ2v) is 6.82. The molecule has 2 heterocycles. The monoisotopic (exact) mass is 371 g/mol. The van der Waals surface area contributed by atoms with Crippen molar-refractivity contribution in [2.45, 2.75) is 17.9 Å². The zero-order valence-corrected chi connectivity index (χ0v) is 14.0. The summed E-state index contributed by atoms with van der Waals surface area (Å²) in [5, 5.41) is 0. The Morgan fingerprint density at radius 1 is 1.17 bits per heavy atom. The van der Waals surface area contributed by atoms with Crippen LogP contribution < -0.4 is 4.90 Å². The Hall–Kier alpha value is -2.14. The molecular weight excluding hydrogens is 358 g/mol. The van der Waals surface area contributed by atoms with E-state index in [0.29, 0.717) is 0 Å². The number of carbonyl (C=O) groups is 2. The van der Waals surface area contributed by atoms with Crippen molar-refractivity contribution in [3.05, 3.63) is 64.1 Å². The third kappa shape index (κ3) is 1.89. The topological polar surface area (TPSA) is 46.6 Å². The maximum atomic E-state index is 13.1. The highest BCUT2D eigenvalue weighted by molar-refractivity contribution is 9.10. The number of carbonyl (C=O) groups excluding carboxylic acids is 2. The van der Waals surface area contributed by atoms with Gasteiger partial charge in [-0.1, -0.05) is 46.3 Å². The molecule has 1 saturated heterocycles. The highest BCUT2D eigenvalue weighted by atomic mass is 79.9. The lowest BCUT2D eigenvalue weighted by atomic mass is 9.78. The number of likely N-dealkylation sites (N-methyl/N-ethyl adjacent to an activating group) is 1. The zero-order valence-electron chi connectivity index (χ0n) is 12.5. The Balaban J connectivity index is 1.97. The molecule has 1 amide bonds. The van der Waals surface area contributed by atoms with E-state index in [-0.39, 0.29) is 24.2 Å². The van der Waals surface area contributed by atoms with E-state index >= 15 is 0 Å². The average molecular weight is 372 g/mol. The van der Waals surface area contributed by atoms with Crippen LogP contribution in [0.1, 0.15) is 23.5 Å². The van der Waals surface area contributed by atoms with Gasteiger partial charge in [0.2, 0.25) is 5.60 Å². The van der Waals surface area contributed by atoms with Gasteiger partial charge in [-0.2, -0.15) is 0 Å². The molecule has 2 aliphatic rings. The van der Waals surface area contributed by atoms with Crippen molar-refractivity contribution in [2.24, 2.45) is 0 Å². The van der Waals surface area contributed by atoms with Gasteiger partial charge < -0.3 is 9.64 Å². The van der Waals surface area contributed by atoms with E-state index in [4.69, 9.17) is 4.74 Å². The molecule has 0 aliphatic carbocycles. The summed E-state index contributed by atoms with van der Waals surface area (Å²) in [5.74, 6) is -0.847. The van der Waals surface area contributed by atoms with Crippen molar-refractivity contribution in [2.75, 3.05) is 11.9 Å². The Labute approximate surface area is 142 Å². The Morgan fingerprint density at radius 3 is 2.65 bits per heavy atom. The number of rotatable bonds is 1. The largest absolute Gasteiger partial charge is 0.443 e. The Morgan fingerprint density at radius 2 is 1.91 bits per heavy atom. The number of anilines is 1. The molecule has 0 bridgehead atoms. The number of hydrogen-bond acceptors (Lipinski definition) is 3. The highest BCUT2D eigenvalue weighted by Crippen LogP contribution is 2.55. The fraction of sp³-hybridized carbons (Fsp3) is 0.222. The van der Waals surface area contributed by atoms with Crippen LogP contribution in [0.5, 0.6) is 0 Å². The van der Waals surface area contributed by atoms with Crippen LogP contribution in [0.15, 0.2) is 53.0 Å². The minimum atomic E-state index is -1.26. The number of fused-ring (bicyclic) bond motifs is 2. The van der Waals surface area contributed by atoms with Gasteiger partial charge in [-0.05, 0) is 23.8 Å². The van der Waals surface area contributed by atoms with Crippen LogP contribution in [0.2, 0.25) is 0 Å². The van der Waals surface area contributed by atoms with E-state index in [2.05, 4.69) is 15.9 Å². The fourth-order valence-electron chi connectivity index (χ4n) is 3.65. The van der Waals surface area contributed by atoms with Gasteiger partial charge in [0.15, 0.2) is 0 Å². The maximum Gasteiger partial charge on any atom is 0.308 e. The van der Waals surface area contributed by atoms with Gasteiger partial charge in [0.1, 0.15) is 0 Å². The minimum Gasteiger partial charge on any atom is -0.443 e.